The average Bonchev–Trinajstić information content (AvgIpc) is 2.67. The molecule has 1 unspecified atom stereocenters. The molecule has 1 amide bonds. The molecule has 150 valence electrons. The van der Waals surface area contributed by atoms with Crippen molar-refractivity contribution in [1.29, 1.82) is 0 Å². The van der Waals surface area contributed by atoms with Gasteiger partial charge in [0.05, 0.1) is 11.3 Å². The van der Waals surface area contributed by atoms with Gasteiger partial charge in [-0.25, -0.2) is 4.39 Å². The van der Waals surface area contributed by atoms with Gasteiger partial charge < -0.3 is 0 Å². The number of carbonyl (C=O) groups excluding carboxylic acids is 2. The Kier molecular flexibility index (Phi) is 4.76. The molecule has 1 aliphatic carbocycles. The highest BCUT2D eigenvalue weighted by Gasteiger charge is 2.43. The number of amides is 1. The van der Waals surface area contributed by atoms with Crippen LogP contribution in [0.3, 0.4) is 0 Å². The quantitative estimate of drug-likeness (QED) is 0.632. The number of hydrogen-bond donors (Lipinski definition) is 0. The van der Waals surface area contributed by atoms with E-state index in [1.54, 1.807) is 6.07 Å². The van der Waals surface area contributed by atoms with Crippen molar-refractivity contribution in [1.82, 2.24) is 0 Å². The van der Waals surface area contributed by atoms with E-state index in [2.05, 4.69) is 0 Å². The van der Waals surface area contributed by atoms with Crippen molar-refractivity contribution >= 4 is 17.4 Å². The molecule has 0 fully saturated rings. The summed E-state index contributed by atoms with van der Waals surface area (Å²) in [7, 11) is 0. The first-order valence-electron chi connectivity index (χ1n) is 9.29. The molecule has 3 nitrogen and oxygen atoms in total. The zero-order chi connectivity index (χ0) is 20.8. The van der Waals surface area contributed by atoms with Gasteiger partial charge in [0, 0.05) is 30.0 Å². The van der Waals surface area contributed by atoms with Gasteiger partial charge in [0.25, 0.3) is 0 Å². The number of carbonyl (C=O) groups is 2. The van der Waals surface area contributed by atoms with Crippen LogP contribution in [0.2, 0.25) is 0 Å². The summed E-state index contributed by atoms with van der Waals surface area (Å²) in [4.78, 5) is 26.8. The number of benzene rings is 2. The molecule has 0 radical (unpaired) electrons. The standard InChI is InChI=1S/C22H17F4NO2/c23-16-8-3-1-6-13(16)14-12-20(29)27(18-10-5-11-19(28)21(14)18)17-9-4-2-7-15(17)22(24,25)26/h1-4,6-9,14H,5,10-12H2. The second-order valence-corrected chi connectivity index (χ2v) is 7.16. The summed E-state index contributed by atoms with van der Waals surface area (Å²) < 4.78 is 55.1. The van der Waals surface area contributed by atoms with E-state index >= 15 is 0 Å². The summed E-state index contributed by atoms with van der Waals surface area (Å²) in [6.45, 7) is 0. The minimum atomic E-state index is -4.65. The van der Waals surface area contributed by atoms with Crippen molar-refractivity contribution in [3.63, 3.8) is 0 Å². The Morgan fingerprint density at radius 3 is 2.34 bits per heavy atom. The molecule has 0 saturated carbocycles. The number of para-hydroxylation sites is 1. The lowest BCUT2D eigenvalue weighted by Gasteiger charge is -2.39. The van der Waals surface area contributed by atoms with Crippen LogP contribution in [0, 0.1) is 5.82 Å². The van der Waals surface area contributed by atoms with Gasteiger partial charge >= 0.3 is 6.18 Å². The fourth-order valence-electron chi connectivity index (χ4n) is 4.20. The van der Waals surface area contributed by atoms with E-state index in [0.717, 1.165) is 11.0 Å². The first-order valence-corrected chi connectivity index (χ1v) is 9.29. The van der Waals surface area contributed by atoms with Gasteiger partial charge in [0.2, 0.25) is 5.91 Å². The van der Waals surface area contributed by atoms with Gasteiger partial charge in [0.1, 0.15) is 5.82 Å². The second-order valence-electron chi connectivity index (χ2n) is 7.16. The third-order valence-electron chi connectivity index (χ3n) is 5.41. The fraction of sp³-hybridized carbons (Fsp3) is 0.273. The van der Waals surface area contributed by atoms with Crippen LogP contribution in [0.4, 0.5) is 23.2 Å². The molecule has 29 heavy (non-hydrogen) atoms. The minimum absolute atomic E-state index is 0.215. The van der Waals surface area contributed by atoms with E-state index in [0.29, 0.717) is 6.42 Å². The van der Waals surface area contributed by atoms with E-state index < -0.39 is 29.4 Å². The number of allylic oxidation sites excluding steroid dienone is 2. The maximum absolute atomic E-state index is 14.4. The van der Waals surface area contributed by atoms with Crippen molar-refractivity contribution in [3.8, 4) is 0 Å². The van der Waals surface area contributed by atoms with Crippen molar-refractivity contribution < 1.29 is 27.2 Å². The lowest BCUT2D eigenvalue weighted by atomic mass is 9.77. The fourth-order valence-corrected chi connectivity index (χ4v) is 4.20. The van der Waals surface area contributed by atoms with Gasteiger partial charge in [-0.05, 0) is 36.6 Å². The van der Waals surface area contributed by atoms with Crippen molar-refractivity contribution in [2.45, 2.75) is 37.8 Å². The highest BCUT2D eigenvalue weighted by atomic mass is 19.4. The molecule has 4 rings (SSSR count). The number of rotatable bonds is 2. The van der Waals surface area contributed by atoms with Gasteiger partial charge in [-0.15, -0.1) is 0 Å². The Morgan fingerprint density at radius 2 is 1.62 bits per heavy atom. The minimum Gasteiger partial charge on any atom is -0.294 e. The molecule has 2 aliphatic rings. The van der Waals surface area contributed by atoms with Gasteiger partial charge in [-0.1, -0.05) is 30.3 Å². The summed E-state index contributed by atoms with van der Waals surface area (Å²) >= 11 is 0. The van der Waals surface area contributed by atoms with Crippen LogP contribution >= 0.6 is 0 Å². The van der Waals surface area contributed by atoms with Gasteiger partial charge in [0.15, 0.2) is 5.78 Å². The molecular formula is C22H17F4NO2. The smallest absolute Gasteiger partial charge is 0.294 e. The number of alkyl halides is 3. The summed E-state index contributed by atoms with van der Waals surface area (Å²) in [5.41, 5.74) is -0.519. The lowest BCUT2D eigenvalue weighted by molar-refractivity contribution is -0.137. The van der Waals surface area contributed by atoms with Crippen LogP contribution in [-0.4, -0.2) is 11.7 Å². The van der Waals surface area contributed by atoms with Crippen LogP contribution in [0.25, 0.3) is 0 Å². The second kappa shape index (κ2) is 7.13. The first-order chi connectivity index (χ1) is 13.8. The highest BCUT2D eigenvalue weighted by molar-refractivity contribution is 6.07. The van der Waals surface area contributed by atoms with E-state index in [4.69, 9.17) is 0 Å². The van der Waals surface area contributed by atoms with E-state index in [9.17, 15) is 27.2 Å². The molecule has 1 heterocycles. The Labute approximate surface area is 164 Å². The number of Topliss-reactive ketones (excluding diaryl/α,β-unsaturated/α-hetero) is 1. The van der Waals surface area contributed by atoms with E-state index in [-0.39, 0.29) is 47.6 Å². The average molecular weight is 403 g/mol. The molecule has 1 atom stereocenters. The molecule has 7 heteroatoms. The lowest BCUT2D eigenvalue weighted by Crippen LogP contribution is -2.41. The number of nitrogens with zero attached hydrogens (tertiary/aromatic N) is 1. The number of ketones is 1. The third-order valence-corrected chi connectivity index (χ3v) is 5.41. The van der Waals surface area contributed by atoms with E-state index in [1.165, 1.54) is 36.4 Å². The Morgan fingerprint density at radius 1 is 0.931 bits per heavy atom. The number of halogens is 4. The maximum Gasteiger partial charge on any atom is 0.418 e. The zero-order valence-corrected chi connectivity index (χ0v) is 15.3. The largest absolute Gasteiger partial charge is 0.418 e. The number of hydrogen-bond acceptors (Lipinski definition) is 2. The van der Waals surface area contributed by atoms with Crippen LogP contribution in [0.1, 0.15) is 42.7 Å². The van der Waals surface area contributed by atoms with Crippen LogP contribution < -0.4 is 4.90 Å². The maximum atomic E-state index is 14.4. The zero-order valence-electron chi connectivity index (χ0n) is 15.3. The molecule has 0 aromatic heterocycles. The Hall–Kier alpha value is -2.96. The molecule has 0 saturated heterocycles. The summed E-state index contributed by atoms with van der Waals surface area (Å²) in [6.07, 6.45) is -3.98. The molecule has 0 spiro atoms. The summed E-state index contributed by atoms with van der Waals surface area (Å²) in [5, 5.41) is 0. The molecule has 2 aromatic carbocycles. The number of anilines is 1. The normalized spacial score (nSPS) is 20.1. The van der Waals surface area contributed by atoms with Crippen LogP contribution in [-0.2, 0) is 15.8 Å². The first kappa shape index (κ1) is 19.4. The Bertz CT molecular complexity index is 1030. The summed E-state index contributed by atoms with van der Waals surface area (Å²) in [5.74, 6) is -2.16. The van der Waals surface area contributed by atoms with E-state index in [1.807, 2.05) is 0 Å². The Balaban J connectivity index is 1.92. The monoisotopic (exact) mass is 403 g/mol. The predicted octanol–water partition coefficient (Wildman–Crippen LogP) is 5.37. The highest BCUT2D eigenvalue weighted by Crippen LogP contribution is 2.46. The van der Waals surface area contributed by atoms with Crippen molar-refractivity contribution in [2.75, 3.05) is 4.90 Å². The van der Waals surface area contributed by atoms with Crippen LogP contribution in [0.15, 0.2) is 59.8 Å². The van der Waals surface area contributed by atoms with Gasteiger partial charge in [-0.3, -0.25) is 14.5 Å². The molecule has 0 N–H and O–H groups in total. The topological polar surface area (TPSA) is 37.4 Å². The predicted molar refractivity (Wildman–Crippen MR) is 98.6 cm³/mol. The molecule has 2 aromatic rings. The summed E-state index contributed by atoms with van der Waals surface area (Å²) in [6, 6.07) is 10.7. The van der Waals surface area contributed by atoms with Gasteiger partial charge in [-0.2, -0.15) is 13.2 Å². The SMILES string of the molecule is O=C1CCCC2=C1C(c1ccccc1F)CC(=O)N2c1ccccc1C(F)(F)F. The van der Waals surface area contributed by atoms with Crippen molar-refractivity contribution in [3.05, 3.63) is 76.7 Å². The third kappa shape index (κ3) is 3.34. The molecule has 0 bridgehead atoms. The molecular weight excluding hydrogens is 386 g/mol. The van der Waals surface area contributed by atoms with Crippen LogP contribution in [0.5, 0.6) is 0 Å². The van der Waals surface area contributed by atoms with Crippen molar-refractivity contribution in [2.24, 2.45) is 0 Å². The molecule has 1 aliphatic heterocycles.